The van der Waals surface area contributed by atoms with E-state index in [1.54, 1.807) is 6.08 Å². The first kappa shape index (κ1) is 32.9. The molecule has 1 spiro atoms. The number of ether oxygens (including phenoxy) is 1. The zero-order chi connectivity index (χ0) is 33.3. The van der Waals surface area contributed by atoms with Crippen LogP contribution < -0.4 is 25.6 Å². The molecule has 1 aliphatic carbocycles. The molecule has 0 saturated carbocycles. The van der Waals surface area contributed by atoms with Crippen molar-refractivity contribution in [3.63, 3.8) is 0 Å². The molecule has 12 nitrogen and oxygen atoms in total. The Hall–Kier alpha value is -4.00. The van der Waals surface area contributed by atoms with Gasteiger partial charge < -0.3 is 30.6 Å². The lowest BCUT2D eigenvalue weighted by molar-refractivity contribution is -0.580. The quantitative estimate of drug-likeness (QED) is 0.291. The normalized spacial score (nSPS) is 22.3. The second-order valence-electron chi connectivity index (χ2n) is 14.5. The predicted octanol–water partition coefficient (Wildman–Crippen LogP) is 3.30. The summed E-state index contributed by atoms with van der Waals surface area (Å²) in [6, 6.07) is 11.7. The lowest BCUT2D eigenvalue weighted by atomic mass is 9.84. The number of nitrogens with two attached hydrogens (primary N) is 1. The van der Waals surface area contributed by atoms with Gasteiger partial charge in [0, 0.05) is 55.5 Å². The third-order valence-corrected chi connectivity index (χ3v) is 10.2. The van der Waals surface area contributed by atoms with Crippen molar-refractivity contribution >= 4 is 23.3 Å². The molecule has 0 bridgehead atoms. The monoisotopic (exact) mass is 643 g/mol. The van der Waals surface area contributed by atoms with E-state index in [4.69, 9.17) is 10.1 Å². The van der Waals surface area contributed by atoms with E-state index in [1.807, 2.05) is 63.6 Å². The number of piperazine rings is 1. The highest BCUT2D eigenvalue weighted by molar-refractivity contribution is 5.97. The van der Waals surface area contributed by atoms with Gasteiger partial charge in [0.05, 0.1) is 19.3 Å². The van der Waals surface area contributed by atoms with E-state index in [2.05, 4.69) is 66.2 Å². The first-order valence-corrected chi connectivity index (χ1v) is 16.9. The number of urea groups is 1. The van der Waals surface area contributed by atoms with E-state index in [9.17, 15) is 4.79 Å². The molecule has 2 amide bonds. The minimum absolute atomic E-state index is 0.148. The van der Waals surface area contributed by atoms with Crippen molar-refractivity contribution in [2.45, 2.75) is 64.1 Å². The van der Waals surface area contributed by atoms with Crippen LogP contribution in [0.5, 0.6) is 5.75 Å². The van der Waals surface area contributed by atoms with Crippen molar-refractivity contribution < 1.29 is 14.8 Å². The van der Waals surface area contributed by atoms with Gasteiger partial charge in [0.1, 0.15) is 11.9 Å². The second kappa shape index (κ2) is 13.2. The van der Waals surface area contributed by atoms with Crippen molar-refractivity contribution in [3.8, 4) is 5.75 Å². The standard InChI is InChI=1S/C35H50N10O2/c1-34(2,3)29(36)21-30(37-4)39-32(46)38-27-12-13-28(26-10-8-7-9-25(26)27)47-24-11-14-31-40-41-33(45(31)22-24)44-17-15-35(16-18-44)23-42(5)19-20-43(35)6/h7-11,14,21-22,27-28,36-37H,12-13,15-20,23H2,1-6H3,(H2,38,39,46)/p+1. The van der Waals surface area contributed by atoms with Gasteiger partial charge in [-0.15, -0.1) is 10.2 Å². The molecule has 2 saturated heterocycles. The van der Waals surface area contributed by atoms with Crippen LogP contribution in [0, 0.1) is 10.8 Å². The molecule has 2 fully saturated rings. The van der Waals surface area contributed by atoms with Crippen molar-refractivity contribution in [2.24, 2.45) is 5.41 Å². The van der Waals surface area contributed by atoms with Gasteiger partial charge in [0.15, 0.2) is 5.65 Å². The Labute approximate surface area is 278 Å². The SMILES string of the molecule is C[NH2+]C(=CC(=N)C(C)(C)C)NC(=O)NC1CCC(Oc2ccc3nnc(N4CCC5(CC4)CN(C)CCN5C)n3c2)c2ccccc21. The number of carbonyl (C=O) groups excluding carboxylic acids is 1. The molecule has 2 aromatic heterocycles. The number of amides is 2. The van der Waals surface area contributed by atoms with Crippen LogP contribution in [0.3, 0.4) is 0 Å². The fraction of sp³-hybridized carbons (Fsp3) is 0.543. The largest absolute Gasteiger partial charge is 0.484 e. The molecule has 47 heavy (non-hydrogen) atoms. The Balaban J connectivity index is 1.13. The van der Waals surface area contributed by atoms with Crippen LogP contribution in [0.1, 0.15) is 69.7 Å². The Morgan fingerprint density at radius 3 is 2.51 bits per heavy atom. The molecule has 2 atom stereocenters. The number of rotatable bonds is 7. The van der Waals surface area contributed by atoms with E-state index in [-0.39, 0.29) is 29.1 Å². The Morgan fingerprint density at radius 2 is 1.79 bits per heavy atom. The Kier molecular flexibility index (Phi) is 9.28. The summed E-state index contributed by atoms with van der Waals surface area (Å²) < 4.78 is 8.71. The van der Waals surface area contributed by atoms with E-state index < -0.39 is 0 Å². The first-order valence-electron chi connectivity index (χ1n) is 16.9. The fourth-order valence-electron chi connectivity index (χ4n) is 7.14. The zero-order valence-electron chi connectivity index (χ0n) is 28.7. The van der Waals surface area contributed by atoms with Crippen molar-refractivity contribution in [1.82, 2.24) is 35.0 Å². The number of fused-ring (bicyclic) bond motifs is 2. The van der Waals surface area contributed by atoms with E-state index in [0.717, 1.165) is 86.9 Å². The number of hydrogen-bond acceptors (Lipinski definition) is 8. The topological polar surface area (TPSA) is 131 Å². The zero-order valence-corrected chi connectivity index (χ0v) is 28.7. The number of anilines is 1. The van der Waals surface area contributed by atoms with Crippen LogP contribution in [0.15, 0.2) is 54.5 Å². The molecule has 12 heteroatoms. The van der Waals surface area contributed by atoms with Gasteiger partial charge in [0.2, 0.25) is 11.8 Å². The molecule has 252 valence electrons. The second-order valence-corrected chi connectivity index (χ2v) is 14.5. The number of allylic oxidation sites excluding steroid dienone is 1. The van der Waals surface area contributed by atoms with E-state index in [1.165, 1.54) is 0 Å². The predicted molar refractivity (Wildman–Crippen MR) is 184 cm³/mol. The summed E-state index contributed by atoms with van der Waals surface area (Å²) in [5.41, 5.74) is 3.31. The Morgan fingerprint density at radius 1 is 1.04 bits per heavy atom. The molecule has 3 aliphatic rings. The molecule has 4 heterocycles. The van der Waals surface area contributed by atoms with Gasteiger partial charge in [-0.25, -0.2) is 4.79 Å². The third kappa shape index (κ3) is 7.00. The number of quaternary nitrogens is 1. The number of nitrogens with zero attached hydrogens (tertiary/aromatic N) is 6. The summed E-state index contributed by atoms with van der Waals surface area (Å²) in [6.07, 6.45) is 7.26. The van der Waals surface area contributed by atoms with Crippen molar-refractivity contribution in [1.29, 1.82) is 5.41 Å². The fourth-order valence-corrected chi connectivity index (χ4v) is 7.14. The number of likely N-dealkylation sites (N-methyl/N-ethyl adjacent to an activating group) is 2. The molecule has 2 unspecified atom stereocenters. The molecule has 1 aromatic carbocycles. The van der Waals surface area contributed by atoms with Gasteiger partial charge in [0.25, 0.3) is 0 Å². The first-order chi connectivity index (χ1) is 22.5. The summed E-state index contributed by atoms with van der Waals surface area (Å²) in [7, 11) is 6.36. The summed E-state index contributed by atoms with van der Waals surface area (Å²) >= 11 is 0. The van der Waals surface area contributed by atoms with Crippen LogP contribution in [-0.2, 0) is 0 Å². The summed E-state index contributed by atoms with van der Waals surface area (Å²) in [4.78, 5) is 20.4. The lowest BCUT2D eigenvalue weighted by Gasteiger charge is -2.52. The van der Waals surface area contributed by atoms with E-state index >= 15 is 0 Å². The number of piperidine rings is 1. The van der Waals surface area contributed by atoms with Crippen molar-refractivity contribution in [2.75, 3.05) is 58.8 Å². The average molecular weight is 644 g/mol. The van der Waals surface area contributed by atoms with Gasteiger partial charge in [-0.2, -0.15) is 0 Å². The highest BCUT2D eigenvalue weighted by Gasteiger charge is 2.42. The minimum Gasteiger partial charge on any atom is -0.484 e. The third-order valence-electron chi connectivity index (χ3n) is 10.2. The maximum atomic E-state index is 13.1. The van der Waals surface area contributed by atoms with Gasteiger partial charge >= 0.3 is 6.03 Å². The van der Waals surface area contributed by atoms with Crippen molar-refractivity contribution in [3.05, 3.63) is 65.6 Å². The number of carbonyl (C=O) groups is 1. The highest BCUT2D eigenvalue weighted by Crippen LogP contribution is 2.39. The average Bonchev–Trinajstić information content (AvgIpc) is 3.47. The maximum Gasteiger partial charge on any atom is 0.323 e. The molecule has 3 aromatic rings. The van der Waals surface area contributed by atoms with Crippen LogP contribution in [-0.4, -0.2) is 95.5 Å². The molecule has 2 aliphatic heterocycles. The molecule has 6 rings (SSSR count). The Bertz CT molecular complexity index is 1630. The van der Waals surface area contributed by atoms with Crippen LogP contribution in [0.2, 0.25) is 0 Å². The smallest absolute Gasteiger partial charge is 0.323 e. The number of nitrogens with one attached hydrogen (secondary N) is 3. The minimum atomic E-state index is -0.301. The molecule has 5 N–H and O–H groups in total. The van der Waals surface area contributed by atoms with Gasteiger partial charge in [-0.1, -0.05) is 45.0 Å². The van der Waals surface area contributed by atoms with E-state index in [0.29, 0.717) is 11.5 Å². The molecular weight excluding hydrogens is 592 g/mol. The van der Waals surface area contributed by atoms with Crippen LogP contribution in [0.25, 0.3) is 5.65 Å². The number of pyridine rings is 1. The van der Waals surface area contributed by atoms with Crippen LogP contribution in [0.4, 0.5) is 10.7 Å². The summed E-state index contributed by atoms with van der Waals surface area (Å²) in [5.74, 6) is 2.23. The molecule has 0 radical (unpaired) electrons. The molecular formula is C35H51N10O2+. The van der Waals surface area contributed by atoms with Gasteiger partial charge in [-0.3, -0.25) is 14.6 Å². The number of aromatic nitrogens is 3. The summed E-state index contributed by atoms with van der Waals surface area (Å²) in [6.45, 7) is 11.2. The summed E-state index contributed by atoms with van der Waals surface area (Å²) in [5, 5.41) is 25.3. The maximum absolute atomic E-state index is 13.1. The van der Waals surface area contributed by atoms with Gasteiger partial charge in [-0.05, 0) is 63.0 Å². The highest BCUT2D eigenvalue weighted by atomic mass is 16.5. The lowest BCUT2D eigenvalue weighted by Crippen LogP contribution is -2.81. The number of hydrogen-bond donors (Lipinski definition) is 4. The number of benzene rings is 1. The van der Waals surface area contributed by atoms with Crippen LogP contribution >= 0.6 is 0 Å².